The third-order valence-corrected chi connectivity index (χ3v) is 5.34. The fourth-order valence-corrected chi connectivity index (χ4v) is 4.28. The summed E-state index contributed by atoms with van der Waals surface area (Å²) in [6.45, 7) is 13.9. The Hall–Kier alpha value is -1.82. The predicted molar refractivity (Wildman–Crippen MR) is 109 cm³/mol. The van der Waals surface area contributed by atoms with E-state index in [9.17, 15) is 9.59 Å². The van der Waals surface area contributed by atoms with Crippen LogP contribution in [-0.4, -0.2) is 37.7 Å². The average molecular weight is 376 g/mol. The molecule has 2 rings (SSSR count). The lowest BCUT2D eigenvalue weighted by molar-refractivity contribution is -0.133. The molecule has 1 unspecified atom stereocenters. The number of aromatic nitrogens is 2. The van der Waals surface area contributed by atoms with Crippen molar-refractivity contribution in [3.8, 4) is 0 Å². The molecule has 0 saturated carbocycles. The molecule has 5 nitrogen and oxygen atoms in total. The molecule has 0 aliphatic rings. The standard InChI is InChI=1S/C20H29N3O2S/c1-12(2)22(13(3)4)18(24)15(7)26-20-21-17-11-9-8-10-16(17)19(25)23(20)14(5)6/h8-15H,1-7H3. The minimum absolute atomic E-state index is 0.0318. The van der Waals surface area contributed by atoms with E-state index in [0.29, 0.717) is 16.1 Å². The van der Waals surface area contributed by atoms with E-state index >= 15 is 0 Å². The molecule has 1 amide bonds. The molecule has 142 valence electrons. The molecule has 0 saturated heterocycles. The van der Waals surface area contributed by atoms with Gasteiger partial charge in [0.15, 0.2) is 5.16 Å². The molecule has 1 aromatic heterocycles. The number of hydrogen-bond acceptors (Lipinski definition) is 4. The summed E-state index contributed by atoms with van der Waals surface area (Å²) in [5.41, 5.74) is 0.610. The van der Waals surface area contributed by atoms with Gasteiger partial charge in [-0.15, -0.1) is 0 Å². The zero-order valence-corrected chi connectivity index (χ0v) is 17.5. The maximum absolute atomic E-state index is 13.0. The molecule has 0 fully saturated rings. The first-order valence-corrected chi connectivity index (χ1v) is 10.0. The Morgan fingerprint density at radius 1 is 1.04 bits per heavy atom. The molecule has 1 heterocycles. The zero-order chi connectivity index (χ0) is 19.6. The first-order chi connectivity index (χ1) is 12.1. The van der Waals surface area contributed by atoms with Gasteiger partial charge in [-0.1, -0.05) is 23.9 Å². The molecule has 1 atom stereocenters. The van der Waals surface area contributed by atoms with Crippen LogP contribution in [0.4, 0.5) is 0 Å². The summed E-state index contributed by atoms with van der Waals surface area (Å²) >= 11 is 1.36. The molecule has 0 radical (unpaired) electrons. The maximum atomic E-state index is 13.0. The molecule has 0 aliphatic carbocycles. The lowest BCUT2D eigenvalue weighted by Crippen LogP contribution is -2.45. The van der Waals surface area contributed by atoms with Crippen LogP contribution in [0.3, 0.4) is 0 Å². The summed E-state index contributed by atoms with van der Waals surface area (Å²) in [4.78, 5) is 32.4. The van der Waals surface area contributed by atoms with E-state index in [1.165, 1.54) is 11.8 Å². The summed E-state index contributed by atoms with van der Waals surface area (Å²) in [6.07, 6.45) is 0. The van der Waals surface area contributed by atoms with Crippen molar-refractivity contribution in [1.82, 2.24) is 14.5 Å². The number of carbonyl (C=O) groups is 1. The number of para-hydroxylation sites is 1. The van der Waals surface area contributed by atoms with Crippen LogP contribution in [0.2, 0.25) is 0 Å². The van der Waals surface area contributed by atoms with Gasteiger partial charge in [0.2, 0.25) is 5.91 Å². The highest BCUT2D eigenvalue weighted by Gasteiger charge is 2.27. The van der Waals surface area contributed by atoms with Crippen LogP contribution in [0.25, 0.3) is 10.9 Å². The monoisotopic (exact) mass is 375 g/mol. The minimum atomic E-state index is -0.321. The summed E-state index contributed by atoms with van der Waals surface area (Å²) < 4.78 is 1.69. The van der Waals surface area contributed by atoms with Crippen LogP contribution < -0.4 is 5.56 Å². The van der Waals surface area contributed by atoms with Crippen molar-refractivity contribution in [3.05, 3.63) is 34.6 Å². The zero-order valence-electron chi connectivity index (χ0n) is 16.7. The Balaban J connectivity index is 2.45. The van der Waals surface area contributed by atoms with Crippen LogP contribution in [0.15, 0.2) is 34.2 Å². The van der Waals surface area contributed by atoms with E-state index < -0.39 is 0 Å². The van der Waals surface area contributed by atoms with E-state index in [1.807, 2.05) is 71.6 Å². The molecule has 2 aromatic rings. The number of benzene rings is 1. The molecule has 0 spiro atoms. The van der Waals surface area contributed by atoms with E-state index in [2.05, 4.69) is 4.98 Å². The number of rotatable bonds is 6. The first-order valence-electron chi connectivity index (χ1n) is 9.15. The Kier molecular flexibility index (Phi) is 6.50. The van der Waals surface area contributed by atoms with E-state index in [-0.39, 0.29) is 34.8 Å². The van der Waals surface area contributed by atoms with Crippen molar-refractivity contribution < 1.29 is 4.79 Å². The molecule has 0 aliphatic heterocycles. The Morgan fingerprint density at radius 2 is 1.62 bits per heavy atom. The lowest BCUT2D eigenvalue weighted by Gasteiger charge is -2.33. The number of fused-ring (bicyclic) bond motifs is 1. The van der Waals surface area contributed by atoms with Gasteiger partial charge in [-0.05, 0) is 60.6 Å². The fourth-order valence-electron chi connectivity index (χ4n) is 3.19. The number of amides is 1. The first kappa shape index (κ1) is 20.5. The number of hydrogen-bond donors (Lipinski definition) is 0. The SMILES string of the molecule is CC(Sc1nc2ccccc2c(=O)n1C(C)C)C(=O)N(C(C)C)C(C)C. The van der Waals surface area contributed by atoms with Gasteiger partial charge in [0.05, 0.1) is 16.2 Å². The highest BCUT2D eigenvalue weighted by atomic mass is 32.2. The Labute approximate surface area is 159 Å². The predicted octanol–water partition coefficient (Wildman–Crippen LogP) is 4.10. The second-order valence-corrected chi connectivity index (χ2v) is 8.68. The highest BCUT2D eigenvalue weighted by molar-refractivity contribution is 8.00. The van der Waals surface area contributed by atoms with Crippen LogP contribution in [0, 0.1) is 0 Å². The summed E-state index contributed by atoms with van der Waals surface area (Å²) in [5.74, 6) is 0.0673. The van der Waals surface area contributed by atoms with Gasteiger partial charge in [0, 0.05) is 18.1 Å². The van der Waals surface area contributed by atoms with Gasteiger partial charge in [0.1, 0.15) is 0 Å². The van der Waals surface area contributed by atoms with Gasteiger partial charge in [-0.3, -0.25) is 14.2 Å². The second kappa shape index (κ2) is 8.25. The summed E-state index contributed by atoms with van der Waals surface area (Å²) in [7, 11) is 0. The molecule has 0 N–H and O–H groups in total. The van der Waals surface area contributed by atoms with E-state index in [4.69, 9.17) is 0 Å². The quantitative estimate of drug-likeness (QED) is 0.563. The van der Waals surface area contributed by atoms with E-state index in [0.717, 1.165) is 0 Å². The summed E-state index contributed by atoms with van der Waals surface area (Å²) in [5, 5.41) is 0.880. The van der Waals surface area contributed by atoms with Crippen molar-refractivity contribution in [1.29, 1.82) is 0 Å². The molecule has 1 aromatic carbocycles. The second-order valence-electron chi connectivity index (χ2n) is 7.37. The van der Waals surface area contributed by atoms with Crippen molar-refractivity contribution in [2.24, 2.45) is 0 Å². The Morgan fingerprint density at radius 3 is 2.15 bits per heavy atom. The van der Waals surface area contributed by atoms with Gasteiger partial charge >= 0.3 is 0 Å². The number of carbonyl (C=O) groups excluding carboxylic acids is 1. The largest absolute Gasteiger partial charge is 0.337 e. The smallest absolute Gasteiger partial charge is 0.262 e. The van der Waals surface area contributed by atoms with Gasteiger partial charge in [-0.25, -0.2) is 4.98 Å². The van der Waals surface area contributed by atoms with E-state index in [1.54, 1.807) is 10.6 Å². The topological polar surface area (TPSA) is 55.2 Å². The highest BCUT2D eigenvalue weighted by Crippen LogP contribution is 2.26. The normalized spacial score (nSPS) is 13.0. The van der Waals surface area contributed by atoms with Crippen LogP contribution in [-0.2, 0) is 4.79 Å². The summed E-state index contributed by atoms with van der Waals surface area (Å²) in [6, 6.07) is 7.58. The maximum Gasteiger partial charge on any atom is 0.262 e. The van der Waals surface area contributed by atoms with Gasteiger partial charge in [-0.2, -0.15) is 0 Å². The van der Waals surface area contributed by atoms with Gasteiger partial charge < -0.3 is 4.90 Å². The van der Waals surface area contributed by atoms with Crippen molar-refractivity contribution in [2.75, 3.05) is 0 Å². The third-order valence-electron chi connectivity index (χ3n) is 4.29. The molecular weight excluding hydrogens is 346 g/mol. The minimum Gasteiger partial charge on any atom is -0.337 e. The lowest BCUT2D eigenvalue weighted by atomic mass is 10.2. The molecule has 6 heteroatoms. The van der Waals surface area contributed by atoms with Gasteiger partial charge in [0.25, 0.3) is 5.56 Å². The number of nitrogens with zero attached hydrogens (tertiary/aromatic N) is 3. The van der Waals surface area contributed by atoms with Crippen LogP contribution >= 0.6 is 11.8 Å². The van der Waals surface area contributed by atoms with Crippen molar-refractivity contribution in [3.63, 3.8) is 0 Å². The van der Waals surface area contributed by atoms with Crippen LogP contribution in [0.5, 0.6) is 0 Å². The van der Waals surface area contributed by atoms with Crippen molar-refractivity contribution >= 4 is 28.6 Å². The molecule has 0 bridgehead atoms. The Bertz CT molecular complexity index is 835. The van der Waals surface area contributed by atoms with Crippen LogP contribution in [0.1, 0.15) is 54.5 Å². The molecular formula is C20H29N3O2S. The van der Waals surface area contributed by atoms with Crippen molar-refractivity contribution in [2.45, 2.75) is 77.0 Å². The fraction of sp³-hybridized carbons (Fsp3) is 0.550. The number of thioether (sulfide) groups is 1. The molecule has 26 heavy (non-hydrogen) atoms. The average Bonchev–Trinajstić information content (AvgIpc) is 2.53. The third kappa shape index (κ3) is 4.11.